The summed E-state index contributed by atoms with van der Waals surface area (Å²) in [6.45, 7) is 5.22. The average molecular weight is 291 g/mol. The lowest BCUT2D eigenvalue weighted by atomic mass is 9.84. The van der Waals surface area contributed by atoms with E-state index in [4.69, 9.17) is 0 Å². The Morgan fingerprint density at radius 1 is 1.29 bits per heavy atom. The number of hydrogen-bond donors (Lipinski definition) is 1. The SMILES string of the molecule is CN1CCCNC(=O)C12CCN(C[C@H]1CC=CCC1)CC2. The summed E-state index contributed by atoms with van der Waals surface area (Å²) in [4.78, 5) is 17.4. The van der Waals surface area contributed by atoms with Crippen LogP contribution in [0.25, 0.3) is 0 Å². The van der Waals surface area contributed by atoms with E-state index in [0.29, 0.717) is 0 Å². The van der Waals surface area contributed by atoms with Crippen LogP contribution in [0.3, 0.4) is 0 Å². The number of allylic oxidation sites excluding steroid dienone is 2. The van der Waals surface area contributed by atoms with Crippen LogP contribution in [0.15, 0.2) is 12.2 Å². The number of nitrogens with one attached hydrogen (secondary N) is 1. The van der Waals surface area contributed by atoms with Crippen molar-refractivity contribution in [2.45, 2.75) is 44.1 Å². The van der Waals surface area contributed by atoms with E-state index in [2.05, 4.69) is 34.3 Å². The van der Waals surface area contributed by atoms with Crippen LogP contribution in [0, 0.1) is 5.92 Å². The number of hydrogen-bond acceptors (Lipinski definition) is 3. The first-order valence-electron chi connectivity index (χ1n) is 8.58. The molecule has 2 saturated heterocycles. The largest absolute Gasteiger partial charge is 0.354 e. The molecule has 2 aliphatic heterocycles. The average Bonchev–Trinajstić information content (AvgIpc) is 2.65. The lowest BCUT2D eigenvalue weighted by Crippen LogP contribution is -2.61. The molecule has 3 aliphatic rings. The van der Waals surface area contributed by atoms with Gasteiger partial charge in [0.25, 0.3) is 0 Å². The molecule has 1 aliphatic carbocycles. The van der Waals surface area contributed by atoms with E-state index >= 15 is 0 Å². The number of likely N-dealkylation sites (N-methyl/N-ethyl adjacent to an activating group) is 1. The van der Waals surface area contributed by atoms with Gasteiger partial charge in [0.05, 0.1) is 0 Å². The van der Waals surface area contributed by atoms with Gasteiger partial charge in [0, 0.05) is 32.7 Å². The third-order valence-corrected chi connectivity index (χ3v) is 5.69. The zero-order valence-electron chi connectivity index (χ0n) is 13.3. The van der Waals surface area contributed by atoms with E-state index in [9.17, 15) is 4.79 Å². The van der Waals surface area contributed by atoms with Gasteiger partial charge in [-0.15, -0.1) is 0 Å². The first-order valence-corrected chi connectivity index (χ1v) is 8.58. The Balaban J connectivity index is 1.58. The van der Waals surface area contributed by atoms with Gasteiger partial charge in [-0.05, 0) is 51.5 Å². The van der Waals surface area contributed by atoms with Crippen LogP contribution < -0.4 is 5.32 Å². The summed E-state index contributed by atoms with van der Waals surface area (Å²) in [7, 11) is 2.13. The van der Waals surface area contributed by atoms with Gasteiger partial charge in [0.15, 0.2) is 0 Å². The predicted octanol–water partition coefficient (Wildman–Crippen LogP) is 1.63. The fourth-order valence-electron chi connectivity index (χ4n) is 4.17. The van der Waals surface area contributed by atoms with E-state index in [0.717, 1.165) is 51.4 Å². The summed E-state index contributed by atoms with van der Waals surface area (Å²) in [5.41, 5.74) is -0.237. The zero-order valence-corrected chi connectivity index (χ0v) is 13.3. The lowest BCUT2D eigenvalue weighted by molar-refractivity contribution is -0.134. The third kappa shape index (κ3) is 3.16. The van der Waals surface area contributed by atoms with Gasteiger partial charge in [0.1, 0.15) is 5.54 Å². The maximum atomic E-state index is 12.5. The van der Waals surface area contributed by atoms with Crippen molar-refractivity contribution in [3.05, 3.63) is 12.2 Å². The van der Waals surface area contributed by atoms with E-state index in [1.807, 2.05) is 0 Å². The summed E-state index contributed by atoms with van der Waals surface area (Å²) < 4.78 is 0. The Morgan fingerprint density at radius 2 is 2.10 bits per heavy atom. The number of piperidine rings is 1. The molecule has 1 N–H and O–H groups in total. The molecule has 118 valence electrons. The van der Waals surface area contributed by atoms with Crippen molar-refractivity contribution in [3.63, 3.8) is 0 Å². The second kappa shape index (κ2) is 6.49. The molecule has 4 nitrogen and oxygen atoms in total. The van der Waals surface area contributed by atoms with E-state index < -0.39 is 0 Å². The molecule has 0 saturated carbocycles. The van der Waals surface area contributed by atoms with Crippen molar-refractivity contribution < 1.29 is 4.79 Å². The molecular weight excluding hydrogens is 262 g/mol. The predicted molar refractivity (Wildman–Crippen MR) is 85.1 cm³/mol. The van der Waals surface area contributed by atoms with Crippen LogP contribution in [0.2, 0.25) is 0 Å². The molecule has 4 heteroatoms. The molecule has 0 aromatic heterocycles. The number of carbonyl (C=O) groups is 1. The molecule has 0 unspecified atom stereocenters. The molecule has 0 aromatic carbocycles. The van der Waals surface area contributed by atoms with Crippen LogP contribution in [0.1, 0.15) is 38.5 Å². The van der Waals surface area contributed by atoms with Gasteiger partial charge in [0.2, 0.25) is 5.91 Å². The van der Waals surface area contributed by atoms with Gasteiger partial charge in [-0.3, -0.25) is 9.69 Å². The highest BCUT2D eigenvalue weighted by molar-refractivity contribution is 5.86. The fourth-order valence-corrected chi connectivity index (χ4v) is 4.17. The first-order chi connectivity index (χ1) is 10.2. The molecule has 21 heavy (non-hydrogen) atoms. The fraction of sp³-hybridized carbons (Fsp3) is 0.824. The maximum Gasteiger partial charge on any atom is 0.240 e. The second-order valence-corrected chi connectivity index (χ2v) is 7.01. The van der Waals surface area contributed by atoms with Crippen molar-refractivity contribution in [2.75, 3.05) is 39.8 Å². The zero-order chi connectivity index (χ0) is 14.7. The summed E-state index contributed by atoms with van der Waals surface area (Å²) in [5.74, 6) is 1.09. The maximum absolute atomic E-state index is 12.5. The number of rotatable bonds is 2. The van der Waals surface area contributed by atoms with Crippen molar-refractivity contribution in [1.82, 2.24) is 15.1 Å². The molecule has 0 aromatic rings. The summed E-state index contributed by atoms with van der Waals surface area (Å²) >= 11 is 0. The van der Waals surface area contributed by atoms with Crippen LogP contribution in [0.5, 0.6) is 0 Å². The quantitative estimate of drug-likeness (QED) is 0.786. The van der Waals surface area contributed by atoms with Crippen LogP contribution in [0.4, 0.5) is 0 Å². The standard InChI is InChI=1S/C17H29N3O/c1-19-11-5-10-18-16(21)17(19)8-12-20(13-9-17)14-15-6-3-2-4-7-15/h2-3,15H,4-14H2,1H3,(H,18,21)/t15-/m0/s1. The number of amides is 1. The molecule has 2 fully saturated rings. The molecule has 1 amide bonds. The minimum atomic E-state index is -0.237. The molecule has 1 spiro atoms. The molecule has 3 rings (SSSR count). The van der Waals surface area contributed by atoms with E-state index in [1.165, 1.54) is 25.8 Å². The monoisotopic (exact) mass is 291 g/mol. The Morgan fingerprint density at radius 3 is 2.81 bits per heavy atom. The Labute approximate surface area is 128 Å². The summed E-state index contributed by atoms with van der Waals surface area (Å²) in [6.07, 6.45) is 11.5. The number of nitrogens with zero attached hydrogens (tertiary/aromatic N) is 2. The Kier molecular flexibility index (Phi) is 4.65. The molecule has 2 heterocycles. The van der Waals surface area contributed by atoms with Crippen molar-refractivity contribution in [1.29, 1.82) is 0 Å². The molecular formula is C17H29N3O. The molecule has 0 bridgehead atoms. The van der Waals surface area contributed by atoms with Gasteiger partial charge in [-0.1, -0.05) is 12.2 Å². The molecule has 0 radical (unpaired) electrons. The highest BCUT2D eigenvalue weighted by Crippen LogP contribution is 2.31. The Hall–Kier alpha value is -0.870. The summed E-state index contributed by atoms with van der Waals surface area (Å²) in [5, 5.41) is 3.12. The topological polar surface area (TPSA) is 35.6 Å². The lowest BCUT2D eigenvalue weighted by Gasteiger charge is -2.45. The first kappa shape index (κ1) is 15.0. The van der Waals surface area contributed by atoms with E-state index in [1.54, 1.807) is 0 Å². The van der Waals surface area contributed by atoms with Crippen LogP contribution in [-0.4, -0.2) is 61.0 Å². The van der Waals surface area contributed by atoms with Gasteiger partial charge >= 0.3 is 0 Å². The minimum absolute atomic E-state index is 0.237. The van der Waals surface area contributed by atoms with Gasteiger partial charge < -0.3 is 10.2 Å². The minimum Gasteiger partial charge on any atom is -0.354 e. The third-order valence-electron chi connectivity index (χ3n) is 5.69. The van der Waals surface area contributed by atoms with Crippen molar-refractivity contribution in [2.24, 2.45) is 5.92 Å². The number of likely N-dealkylation sites (tertiary alicyclic amines) is 1. The van der Waals surface area contributed by atoms with Crippen molar-refractivity contribution in [3.8, 4) is 0 Å². The Bertz CT molecular complexity index is 399. The van der Waals surface area contributed by atoms with Crippen LogP contribution >= 0.6 is 0 Å². The highest BCUT2D eigenvalue weighted by Gasteiger charge is 2.45. The smallest absolute Gasteiger partial charge is 0.240 e. The second-order valence-electron chi connectivity index (χ2n) is 7.01. The highest BCUT2D eigenvalue weighted by atomic mass is 16.2. The normalized spacial score (nSPS) is 31.1. The van der Waals surface area contributed by atoms with Crippen molar-refractivity contribution >= 4 is 5.91 Å². The van der Waals surface area contributed by atoms with Crippen LogP contribution in [-0.2, 0) is 4.79 Å². The van der Waals surface area contributed by atoms with Gasteiger partial charge in [-0.2, -0.15) is 0 Å². The van der Waals surface area contributed by atoms with E-state index in [-0.39, 0.29) is 11.4 Å². The van der Waals surface area contributed by atoms with Gasteiger partial charge in [-0.25, -0.2) is 0 Å². The summed E-state index contributed by atoms with van der Waals surface area (Å²) in [6, 6.07) is 0. The number of carbonyl (C=O) groups excluding carboxylic acids is 1. The molecule has 1 atom stereocenters.